The molecule has 0 aliphatic carbocycles. The third-order valence-electron chi connectivity index (χ3n) is 0.748. The Balaban J connectivity index is 3.46. The Morgan fingerprint density at radius 1 is 1.33 bits per heavy atom. The van der Waals surface area contributed by atoms with Crippen molar-refractivity contribution in [1.29, 1.82) is 0 Å². The molecule has 0 saturated carbocycles. The molecule has 1 N–H and O–H groups in total. The van der Waals surface area contributed by atoms with Crippen molar-refractivity contribution in [3.8, 4) is 0 Å². The van der Waals surface area contributed by atoms with E-state index in [0.29, 0.717) is 0 Å². The summed E-state index contributed by atoms with van der Waals surface area (Å²) in [5, 5.41) is 8.71. The fourth-order valence-corrected chi connectivity index (χ4v) is 0.368. The molecule has 0 saturated heterocycles. The van der Waals surface area contributed by atoms with Crippen LogP contribution in [0.25, 0.3) is 0 Å². The van der Waals surface area contributed by atoms with Gasteiger partial charge in [0.25, 0.3) is 0 Å². The van der Waals surface area contributed by atoms with Crippen molar-refractivity contribution in [2.75, 3.05) is 0 Å². The van der Waals surface area contributed by atoms with E-state index in [1.807, 2.05) is 6.08 Å². The molecule has 50 valence electrons. The van der Waals surface area contributed by atoms with E-state index in [-0.39, 0.29) is 6.10 Å². The van der Waals surface area contributed by atoms with Crippen LogP contribution in [0.4, 0.5) is 0 Å². The minimum Gasteiger partial charge on any atom is -0.389 e. The van der Waals surface area contributed by atoms with E-state index in [9.17, 15) is 0 Å². The first-order chi connectivity index (χ1) is 4.27. The van der Waals surface area contributed by atoms with Gasteiger partial charge >= 0.3 is 0 Å². The van der Waals surface area contributed by atoms with E-state index in [2.05, 4.69) is 6.58 Å². The highest BCUT2D eigenvalue weighted by atomic mass is 16.3. The number of aliphatic hydroxyl groups excluding tert-OH is 1. The highest BCUT2D eigenvalue weighted by Crippen LogP contribution is 1.83. The lowest BCUT2D eigenvalue weighted by Gasteiger charge is -1.88. The smallest absolute Gasteiger partial charge is 0.0695 e. The lowest BCUT2D eigenvalue weighted by atomic mass is 10.3. The van der Waals surface area contributed by atoms with Crippen molar-refractivity contribution in [3.05, 3.63) is 37.0 Å². The Bertz CT molecular complexity index is 121. The van der Waals surface area contributed by atoms with Crippen LogP contribution < -0.4 is 0 Å². The summed E-state index contributed by atoms with van der Waals surface area (Å²) in [6.45, 7) is 5.20. The number of rotatable bonds is 3. The molecule has 1 nitrogen and oxygen atoms in total. The monoisotopic (exact) mass is 124 g/mol. The van der Waals surface area contributed by atoms with Gasteiger partial charge in [-0.3, -0.25) is 0 Å². The summed E-state index contributed by atoms with van der Waals surface area (Å²) in [5.74, 6) is 0. The van der Waals surface area contributed by atoms with E-state index in [4.69, 9.17) is 5.11 Å². The Kier molecular flexibility index (Phi) is 4.83. The fourth-order valence-electron chi connectivity index (χ4n) is 0.368. The SMILES string of the molecule is C=C/C=C/C=C/[C@@H](C)O. The lowest BCUT2D eigenvalue weighted by molar-refractivity contribution is 0.244. The van der Waals surface area contributed by atoms with Crippen molar-refractivity contribution >= 4 is 0 Å². The Labute approximate surface area is 56.0 Å². The fraction of sp³-hybridized carbons (Fsp3) is 0.250. The molecule has 0 amide bonds. The Morgan fingerprint density at radius 2 is 2.00 bits per heavy atom. The molecule has 1 heteroatoms. The van der Waals surface area contributed by atoms with Crippen LogP contribution in [0.2, 0.25) is 0 Å². The predicted octanol–water partition coefficient (Wildman–Crippen LogP) is 1.67. The molecule has 0 aromatic rings. The minimum absolute atomic E-state index is 0.362. The predicted molar refractivity (Wildman–Crippen MR) is 40.2 cm³/mol. The summed E-state index contributed by atoms with van der Waals surface area (Å²) in [7, 11) is 0. The standard InChI is InChI=1S/C8H12O/c1-3-4-5-6-7-8(2)9/h3-9H,1H2,2H3/b5-4+,7-6+/t8-/m1/s1. The van der Waals surface area contributed by atoms with Crippen molar-refractivity contribution in [2.24, 2.45) is 0 Å². The van der Waals surface area contributed by atoms with Gasteiger partial charge in [0, 0.05) is 0 Å². The number of hydrogen-bond acceptors (Lipinski definition) is 1. The van der Waals surface area contributed by atoms with Gasteiger partial charge in [0.1, 0.15) is 0 Å². The molecule has 0 spiro atoms. The van der Waals surface area contributed by atoms with Crippen LogP contribution in [-0.2, 0) is 0 Å². The van der Waals surface area contributed by atoms with Crippen LogP contribution in [0.3, 0.4) is 0 Å². The summed E-state index contributed by atoms with van der Waals surface area (Å²) in [4.78, 5) is 0. The van der Waals surface area contributed by atoms with Crippen LogP contribution in [0.5, 0.6) is 0 Å². The zero-order valence-electron chi connectivity index (χ0n) is 5.62. The molecule has 0 fully saturated rings. The van der Waals surface area contributed by atoms with Crippen molar-refractivity contribution in [3.63, 3.8) is 0 Å². The van der Waals surface area contributed by atoms with Gasteiger partial charge in [-0.25, -0.2) is 0 Å². The Morgan fingerprint density at radius 3 is 2.44 bits per heavy atom. The molecule has 9 heavy (non-hydrogen) atoms. The van der Waals surface area contributed by atoms with E-state index in [1.54, 1.807) is 31.2 Å². The van der Waals surface area contributed by atoms with E-state index < -0.39 is 0 Å². The van der Waals surface area contributed by atoms with Gasteiger partial charge in [-0.2, -0.15) is 0 Å². The largest absolute Gasteiger partial charge is 0.389 e. The second-order valence-corrected chi connectivity index (χ2v) is 1.75. The molecule has 0 unspecified atom stereocenters. The summed E-state index contributed by atoms with van der Waals surface area (Å²) < 4.78 is 0. The van der Waals surface area contributed by atoms with Gasteiger partial charge in [-0.1, -0.05) is 37.0 Å². The molecule has 0 radical (unpaired) electrons. The quantitative estimate of drug-likeness (QED) is 0.567. The normalized spacial score (nSPS) is 14.9. The molecule has 0 bridgehead atoms. The topological polar surface area (TPSA) is 20.2 Å². The average molecular weight is 124 g/mol. The van der Waals surface area contributed by atoms with Crippen LogP contribution in [-0.4, -0.2) is 11.2 Å². The first-order valence-corrected chi connectivity index (χ1v) is 2.91. The van der Waals surface area contributed by atoms with Gasteiger partial charge < -0.3 is 5.11 Å². The van der Waals surface area contributed by atoms with Crippen LogP contribution in [0.1, 0.15) is 6.92 Å². The van der Waals surface area contributed by atoms with Crippen molar-refractivity contribution < 1.29 is 5.11 Å². The van der Waals surface area contributed by atoms with Crippen LogP contribution in [0, 0.1) is 0 Å². The molecule has 0 aliphatic heterocycles. The maximum atomic E-state index is 8.71. The second kappa shape index (κ2) is 5.32. The van der Waals surface area contributed by atoms with Gasteiger partial charge in [-0.15, -0.1) is 0 Å². The summed E-state index contributed by atoms with van der Waals surface area (Å²) >= 11 is 0. The highest BCUT2D eigenvalue weighted by Gasteiger charge is 1.79. The first kappa shape index (κ1) is 8.18. The lowest BCUT2D eigenvalue weighted by Crippen LogP contribution is -1.90. The maximum Gasteiger partial charge on any atom is 0.0695 e. The molecule has 0 aromatic heterocycles. The molecule has 0 aliphatic rings. The number of allylic oxidation sites excluding steroid dienone is 4. The third-order valence-corrected chi connectivity index (χ3v) is 0.748. The molecular formula is C8H12O. The summed E-state index contributed by atoms with van der Waals surface area (Å²) in [6, 6.07) is 0. The molecular weight excluding hydrogens is 112 g/mol. The average Bonchev–Trinajstić information content (AvgIpc) is 1.80. The number of aliphatic hydroxyl groups is 1. The molecule has 0 heterocycles. The van der Waals surface area contributed by atoms with Crippen LogP contribution >= 0.6 is 0 Å². The number of hydrogen-bond donors (Lipinski definition) is 1. The van der Waals surface area contributed by atoms with Gasteiger partial charge in [0.05, 0.1) is 6.10 Å². The molecule has 0 rings (SSSR count). The first-order valence-electron chi connectivity index (χ1n) is 2.91. The minimum atomic E-state index is -0.362. The van der Waals surface area contributed by atoms with E-state index >= 15 is 0 Å². The molecule has 0 aromatic carbocycles. The van der Waals surface area contributed by atoms with Gasteiger partial charge in [-0.05, 0) is 6.92 Å². The second-order valence-electron chi connectivity index (χ2n) is 1.75. The summed E-state index contributed by atoms with van der Waals surface area (Å²) in [6.07, 6.45) is 8.43. The Hall–Kier alpha value is -0.820. The van der Waals surface area contributed by atoms with Gasteiger partial charge in [0.15, 0.2) is 0 Å². The summed E-state index contributed by atoms with van der Waals surface area (Å²) in [5.41, 5.74) is 0. The zero-order valence-corrected chi connectivity index (χ0v) is 5.62. The van der Waals surface area contributed by atoms with Crippen molar-refractivity contribution in [2.45, 2.75) is 13.0 Å². The van der Waals surface area contributed by atoms with E-state index in [0.717, 1.165) is 0 Å². The van der Waals surface area contributed by atoms with Crippen LogP contribution in [0.15, 0.2) is 37.0 Å². The molecule has 1 atom stereocenters. The van der Waals surface area contributed by atoms with E-state index in [1.165, 1.54) is 0 Å². The zero-order chi connectivity index (χ0) is 7.11. The maximum absolute atomic E-state index is 8.71. The third kappa shape index (κ3) is 7.18. The van der Waals surface area contributed by atoms with Gasteiger partial charge in [0.2, 0.25) is 0 Å². The van der Waals surface area contributed by atoms with Crippen molar-refractivity contribution in [1.82, 2.24) is 0 Å². The highest BCUT2D eigenvalue weighted by molar-refractivity contribution is 5.09.